The smallest absolute Gasteiger partial charge is 0.352 e. The topological polar surface area (TPSA) is 56.0 Å². The highest BCUT2D eigenvalue weighted by molar-refractivity contribution is 6.30. The van der Waals surface area contributed by atoms with Crippen LogP contribution in [0, 0.1) is 31.5 Å². The van der Waals surface area contributed by atoms with E-state index in [0.29, 0.717) is 22.5 Å². The van der Waals surface area contributed by atoms with Gasteiger partial charge in [-0.1, -0.05) is 23.4 Å². The Morgan fingerprint density at radius 1 is 1.17 bits per heavy atom. The molecule has 0 aliphatic rings. The highest BCUT2D eigenvalue weighted by Gasteiger charge is 2.07. The first-order valence-corrected chi connectivity index (χ1v) is 7.08. The van der Waals surface area contributed by atoms with Crippen molar-refractivity contribution in [3.63, 3.8) is 0 Å². The predicted octanol–water partition coefficient (Wildman–Crippen LogP) is 3.39. The molecule has 2 heterocycles. The number of halogens is 2. The number of hydrogen-bond donors (Lipinski definition) is 0. The molecule has 0 unspecified atom stereocenters. The molecule has 1 aromatic carbocycles. The lowest BCUT2D eigenvalue weighted by molar-refractivity contribution is 0.552. The van der Waals surface area contributed by atoms with Crippen molar-refractivity contribution >= 4 is 22.6 Å². The molecular formula is C17H10ClFN2O2. The molecular weight excluding hydrogens is 319 g/mol. The molecule has 0 amide bonds. The van der Waals surface area contributed by atoms with Crippen molar-refractivity contribution in [2.24, 2.45) is 0 Å². The summed E-state index contributed by atoms with van der Waals surface area (Å²) in [6, 6.07) is 5.51. The SMILES string of the molecule is Cc1nc(C)c(C#Cc2cc3ccc(F)cc3oc2=O)c(Cl)n1. The Morgan fingerprint density at radius 2 is 1.96 bits per heavy atom. The molecule has 0 atom stereocenters. The van der Waals surface area contributed by atoms with Gasteiger partial charge in [0, 0.05) is 11.5 Å². The Morgan fingerprint density at radius 3 is 2.70 bits per heavy atom. The molecule has 0 aliphatic carbocycles. The lowest BCUT2D eigenvalue weighted by Crippen LogP contribution is -2.04. The van der Waals surface area contributed by atoms with E-state index < -0.39 is 11.4 Å². The van der Waals surface area contributed by atoms with Crippen molar-refractivity contribution in [3.8, 4) is 11.8 Å². The van der Waals surface area contributed by atoms with Gasteiger partial charge in [0.15, 0.2) is 0 Å². The van der Waals surface area contributed by atoms with Crippen LogP contribution >= 0.6 is 11.6 Å². The summed E-state index contributed by atoms with van der Waals surface area (Å²) < 4.78 is 18.2. The molecule has 2 aromatic heterocycles. The summed E-state index contributed by atoms with van der Waals surface area (Å²) in [5, 5.41) is 0.813. The summed E-state index contributed by atoms with van der Waals surface area (Å²) in [7, 11) is 0. The molecule has 114 valence electrons. The number of hydrogen-bond acceptors (Lipinski definition) is 4. The van der Waals surface area contributed by atoms with Gasteiger partial charge in [0.2, 0.25) is 0 Å². The third kappa shape index (κ3) is 3.08. The summed E-state index contributed by atoms with van der Waals surface area (Å²) >= 11 is 6.06. The van der Waals surface area contributed by atoms with Crippen LogP contribution < -0.4 is 5.63 Å². The van der Waals surface area contributed by atoms with E-state index in [0.717, 1.165) is 6.07 Å². The number of rotatable bonds is 0. The number of nitrogens with zero attached hydrogens (tertiary/aromatic N) is 2. The molecule has 0 saturated carbocycles. The summed E-state index contributed by atoms with van der Waals surface area (Å²) in [6.07, 6.45) is 0. The average molecular weight is 329 g/mol. The van der Waals surface area contributed by atoms with Gasteiger partial charge in [0.25, 0.3) is 0 Å². The number of benzene rings is 1. The second-order valence-electron chi connectivity index (χ2n) is 4.90. The zero-order chi connectivity index (χ0) is 16.6. The maximum Gasteiger partial charge on any atom is 0.352 e. The second kappa shape index (κ2) is 5.82. The number of aryl methyl sites for hydroxylation is 2. The van der Waals surface area contributed by atoms with Crippen molar-refractivity contribution in [1.82, 2.24) is 9.97 Å². The van der Waals surface area contributed by atoms with E-state index in [1.54, 1.807) is 19.9 Å². The minimum Gasteiger partial charge on any atom is -0.422 e. The Kier molecular flexibility index (Phi) is 3.85. The third-order valence-corrected chi connectivity index (χ3v) is 3.45. The monoisotopic (exact) mass is 328 g/mol. The van der Waals surface area contributed by atoms with Crippen molar-refractivity contribution in [2.75, 3.05) is 0 Å². The van der Waals surface area contributed by atoms with Gasteiger partial charge >= 0.3 is 5.63 Å². The van der Waals surface area contributed by atoms with E-state index in [9.17, 15) is 9.18 Å². The molecule has 0 bridgehead atoms. The van der Waals surface area contributed by atoms with Gasteiger partial charge < -0.3 is 4.42 Å². The average Bonchev–Trinajstić information content (AvgIpc) is 2.46. The maximum absolute atomic E-state index is 13.1. The van der Waals surface area contributed by atoms with Gasteiger partial charge in [-0.25, -0.2) is 19.2 Å². The van der Waals surface area contributed by atoms with Crippen molar-refractivity contribution < 1.29 is 8.81 Å². The predicted molar refractivity (Wildman–Crippen MR) is 84.9 cm³/mol. The van der Waals surface area contributed by atoms with Crippen LogP contribution in [-0.2, 0) is 0 Å². The van der Waals surface area contributed by atoms with E-state index >= 15 is 0 Å². The molecule has 23 heavy (non-hydrogen) atoms. The first-order chi connectivity index (χ1) is 10.9. The normalized spacial score (nSPS) is 10.4. The Bertz CT molecular complexity index is 1020. The number of aromatic nitrogens is 2. The lowest BCUT2D eigenvalue weighted by atomic mass is 10.1. The van der Waals surface area contributed by atoms with Crippen LogP contribution in [0.3, 0.4) is 0 Å². The standard InChI is InChI=1S/C17H10ClFN2O2/c1-9-14(16(18)21-10(2)20-9)6-4-12-7-11-3-5-13(19)8-15(11)23-17(12)22/h3,5,7-8H,1-2H3. The zero-order valence-electron chi connectivity index (χ0n) is 12.3. The third-order valence-electron chi connectivity index (χ3n) is 3.18. The maximum atomic E-state index is 13.1. The van der Waals surface area contributed by atoms with Crippen LogP contribution in [0.1, 0.15) is 22.6 Å². The Hall–Kier alpha value is -2.71. The van der Waals surface area contributed by atoms with Crippen LogP contribution in [0.4, 0.5) is 4.39 Å². The van der Waals surface area contributed by atoms with Gasteiger partial charge in [0.1, 0.15) is 27.9 Å². The second-order valence-corrected chi connectivity index (χ2v) is 5.26. The van der Waals surface area contributed by atoms with E-state index in [-0.39, 0.29) is 16.3 Å². The van der Waals surface area contributed by atoms with E-state index in [4.69, 9.17) is 16.0 Å². The molecule has 0 fully saturated rings. The minimum atomic E-state index is -0.641. The molecule has 3 rings (SSSR count). The quantitative estimate of drug-likeness (QED) is 0.360. The fraction of sp³-hybridized carbons (Fsp3) is 0.118. The lowest BCUT2D eigenvalue weighted by Gasteiger charge is -2.01. The molecule has 0 saturated heterocycles. The van der Waals surface area contributed by atoms with Crippen molar-refractivity contribution in [3.05, 3.63) is 68.3 Å². The van der Waals surface area contributed by atoms with Gasteiger partial charge in [-0.15, -0.1) is 0 Å². The van der Waals surface area contributed by atoms with Crippen LogP contribution in [0.15, 0.2) is 33.5 Å². The van der Waals surface area contributed by atoms with E-state index in [2.05, 4.69) is 21.8 Å². The fourth-order valence-corrected chi connectivity index (χ4v) is 2.42. The highest BCUT2D eigenvalue weighted by Crippen LogP contribution is 2.16. The van der Waals surface area contributed by atoms with Crippen LogP contribution in [0.25, 0.3) is 11.0 Å². The van der Waals surface area contributed by atoms with Crippen LogP contribution in [0.5, 0.6) is 0 Å². The molecule has 3 aromatic rings. The summed E-state index contributed by atoms with van der Waals surface area (Å²) in [5.41, 5.74) is 0.768. The minimum absolute atomic E-state index is 0.153. The first-order valence-electron chi connectivity index (χ1n) is 6.70. The Labute approximate surface area is 136 Å². The van der Waals surface area contributed by atoms with Gasteiger partial charge in [-0.2, -0.15) is 0 Å². The van der Waals surface area contributed by atoms with E-state index in [1.165, 1.54) is 12.1 Å². The van der Waals surface area contributed by atoms with Gasteiger partial charge in [-0.3, -0.25) is 0 Å². The summed E-state index contributed by atoms with van der Waals surface area (Å²) in [5.74, 6) is 5.60. The highest BCUT2D eigenvalue weighted by atomic mass is 35.5. The first kappa shape index (κ1) is 15.2. The molecule has 0 radical (unpaired) electrons. The van der Waals surface area contributed by atoms with Crippen molar-refractivity contribution in [2.45, 2.75) is 13.8 Å². The van der Waals surface area contributed by atoms with Crippen molar-refractivity contribution in [1.29, 1.82) is 0 Å². The number of fused-ring (bicyclic) bond motifs is 1. The van der Waals surface area contributed by atoms with Gasteiger partial charge in [-0.05, 0) is 32.0 Å². The molecule has 0 N–H and O–H groups in total. The molecule has 4 nitrogen and oxygen atoms in total. The van der Waals surface area contributed by atoms with Crippen LogP contribution in [0.2, 0.25) is 5.15 Å². The zero-order valence-corrected chi connectivity index (χ0v) is 13.0. The summed E-state index contributed by atoms with van der Waals surface area (Å²) in [4.78, 5) is 20.2. The molecule has 6 heteroatoms. The Balaban J connectivity index is 2.12. The largest absolute Gasteiger partial charge is 0.422 e. The molecule has 0 spiro atoms. The molecule has 0 aliphatic heterocycles. The fourth-order valence-electron chi connectivity index (χ4n) is 2.11. The van der Waals surface area contributed by atoms with E-state index in [1.807, 2.05) is 0 Å². The summed E-state index contributed by atoms with van der Waals surface area (Å²) in [6.45, 7) is 3.49. The van der Waals surface area contributed by atoms with Crippen LogP contribution in [-0.4, -0.2) is 9.97 Å². The van der Waals surface area contributed by atoms with Gasteiger partial charge in [0.05, 0.1) is 11.3 Å².